The van der Waals surface area contributed by atoms with Crippen molar-refractivity contribution in [2.45, 2.75) is 19.9 Å². The SMILES string of the molecule is CCCNC(=O)CNC(=O)c1cccn1Cc1ccccc1. The van der Waals surface area contributed by atoms with Crippen molar-refractivity contribution in [3.63, 3.8) is 0 Å². The summed E-state index contributed by atoms with van der Waals surface area (Å²) >= 11 is 0. The molecule has 0 fully saturated rings. The van der Waals surface area contributed by atoms with Crippen molar-refractivity contribution in [2.24, 2.45) is 0 Å². The first-order chi connectivity index (χ1) is 10.7. The summed E-state index contributed by atoms with van der Waals surface area (Å²) in [4.78, 5) is 23.7. The lowest BCUT2D eigenvalue weighted by molar-refractivity contribution is -0.120. The van der Waals surface area contributed by atoms with Crippen molar-refractivity contribution in [3.05, 3.63) is 59.9 Å². The average molecular weight is 299 g/mol. The molecule has 0 spiro atoms. The summed E-state index contributed by atoms with van der Waals surface area (Å²) in [7, 11) is 0. The van der Waals surface area contributed by atoms with Crippen molar-refractivity contribution in [1.29, 1.82) is 0 Å². The molecule has 0 aliphatic rings. The van der Waals surface area contributed by atoms with Crippen LogP contribution < -0.4 is 10.6 Å². The summed E-state index contributed by atoms with van der Waals surface area (Å²) in [5, 5.41) is 5.38. The smallest absolute Gasteiger partial charge is 0.268 e. The summed E-state index contributed by atoms with van der Waals surface area (Å²) in [6, 6.07) is 13.5. The minimum absolute atomic E-state index is 0.00461. The Morgan fingerprint density at radius 3 is 2.55 bits per heavy atom. The maximum absolute atomic E-state index is 12.2. The highest BCUT2D eigenvalue weighted by molar-refractivity contribution is 5.95. The Labute approximate surface area is 130 Å². The third kappa shape index (κ3) is 4.48. The lowest BCUT2D eigenvalue weighted by Crippen LogP contribution is -2.37. The quantitative estimate of drug-likeness (QED) is 0.819. The van der Waals surface area contributed by atoms with Crippen LogP contribution in [0.15, 0.2) is 48.7 Å². The van der Waals surface area contributed by atoms with Crippen molar-refractivity contribution >= 4 is 11.8 Å². The molecule has 116 valence electrons. The van der Waals surface area contributed by atoms with E-state index in [9.17, 15) is 9.59 Å². The van der Waals surface area contributed by atoms with Crippen molar-refractivity contribution < 1.29 is 9.59 Å². The molecule has 2 amide bonds. The Bertz CT molecular complexity index is 620. The zero-order chi connectivity index (χ0) is 15.8. The number of nitrogens with one attached hydrogen (secondary N) is 2. The molecular formula is C17H21N3O2. The Kier molecular flexibility index (Phi) is 5.77. The molecule has 0 atom stereocenters. The number of hydrogen-bond acceptors (Lipinski definition) is 2. The molecule has 2 rings (SSSR count). The van der Waals surface area contributed by atoms with Gasteiger partial charge in [0.05, 0.1) is 6.54 Å². The van der Waals surface area contributed by atoms with Gasteiger partial charge in [-0.25, -0.2) is 0 Å². The van der Waals surface area contributed by atoms with Gasteiger partial charge in [0, 0.05) is 19.3 Å². The van der Waals surface area contributed by atoms with E-state index in [1.54, 1.807) is 6.07 Å². The van der Waals surface area contributed by atoms with Gasteiger partial charge in [0.2, 0.25) is 5.91 Å². The van der Waals surface area contributed by atoms with E-state index < -0.39 is 0 Å². The summed E-state index contributed by atoms with van der Waals surface area (Å²) in [6.45, 7) is 3.22. The monoisotopic (exact) mass is 299 g/mol. The lowest BCUT2D eigenvalue weighted by atomic mass is 10.2. The molecule has 0 aliphatic carbocycles. The van der Waals surface area contributed by atoms with Crippen LogP contribution in [0.5, 0.6) is 0 Å². The van der Waals surface area contributed by atoms with Gasteiger partial charge in [-0.2, -0.15) is 0 Å². The number of carbonyl (C=O) groups is 2. The number of amides is 2. The second-order valence-corrected chi connectivity index (χ2v) is 5.04. The third-order valence-corrected chi connectivity index (χ3v) is 3.24. The highest BCUT2D eigenvalue weighted by Gasteiger charge is 2.12. The Balaban J connectivity index is 1.94. The highest BCUT2D eigenvalue weighted by atomic mass is 16.2. The van der Waals surface area contributed by atoms with Crippen LogP contribution in [0.1, 0.15) is 29.4 Å². The van der Waals surface area contributed by atoms with Crippen LogP contribution in [0.2, 0.25) is 0 Å². The first-order valence-electron chi connectivity index (χ1n) is 7.44. The van der Waals surface area contributed by atoms with Crippen LogP contribution in [0.4, 0.5) is 0 Å². The van der Waals surface area contributed by atoms with E-state index in [2.05, 4.69) is 10.6 Å². The van der Waals surface area contributed by atoms with Gasteiger partial charge in [0.1, 0.15) is 5.69 Å². The molecular weight excluding hydrogens is 278 g/mol. The fraction of sp³-hybridized carbons (Fsp3) is 0.294. The molecule has 1 aromatic carbocycles. The second kappa shape index (κ2) is 8.02. The van der Waals surface area contributed by atoms with E-state index in [4.69, 9.17) is 0 Å². The van der Waals surface area contributed by atoms with Gasteiger partial charge in [-0.1, -0.05) is 37.3 Å². The number of aromatic nitrogens is 1. The maximum atomic E-state index is 12.2. The van der Waals surface area contributed by atoms with Crippen molar-refractivity contribution in [2.75, 3.05) is 13.1 Å². The zero-order valence-electron chi connectivity index (χ0n) is 12.7. The lowest BCUT2D eigenvalue weighted by Gasteiger charge is -2.10. The number of rotatable bonds is 7. The van der Waals surface area contributed by atoms with Crippen LogP contribution >= 0.6 is 0 Å². The van der Waals surface area contributed by atoms with Gasteiger partial charge < -0.3 is 15.2 Å². The van der Waals surface area contributed by atoms with Gasteiger partial charge in [0.15, 0.2) is 0 Å². The first kappa shape index (κ1) is 15.8. The second-order valence-electron chi connectivity index (χ2n) is 5.04. The molecule has 0 saturated heterocycles. The topological polar surface area (TPSA) is 63.1 Å². The predicted octanol–water partition coefficient (Wildman–Crippen LogP) is 1.79. The maximum Gasteiger partial charge on any atom is 0.268 e. The Morgan fingerprint density at radius 2 is 1.82 bits per heavy atom. The highest BCUT2D eigenvalue weighted by Crippen LogP contribution is 2.07. The van der Waals surface area contributed by atoms with Gasteiger partial charge in [-0.05, 0) is 24.1 Å². The fourth-order valence-corrected chi connectivity index (χ4v) is 2.12. The summed E-state index contributed by atoms with van der Waals surface area (Å²) in [5.74, 6) is -0.413. The standard InChI is InChI=1S/C17H21N3O2/c1-2-10-18-16(21)12-19-17(22)15-9-6-11-20(15)13-14-7-4-3-5-8-14/h3-9,11H,2,10,12-13H2,1H3,(H,18,21)(H,19,22). The summed E-state index contributed by atoms with van der Waals surface area (Å²) in [5.41, 5.74) is 1.67. The number of carbonyl (C=O) groups excluding carboxylic acids is 2. The normalized spacial score (nSPS) is 10.2. The summed E-state index contributed by atoms with van der Waals surface area (Å²) < 4.78 is 1.87. The molecule has 1 aromatic heterocycles. The van der Waals surface area contributed by atoms with E-state index in [-0.39, 0.29) is 18.4 Å². The fourth-order valence-electron chi connectivity index (χ4n) is 2.12. The van der Waals surface area contributed by atoms with Crippen LogP contribution in [-0.2, 0) is 11.3 Å². The van der Waals surface area contributed by atoms with Gasteiger partial charge >= 0.3 is 0 Å². The van der Waals surface area contributed by atoms with Crippen LogP contribution in [0, 0.1) is 0 Å². The molecule has 5 heteroatoms. The predicted molar refractivity (Wildman–Crippen MR) is 85.6 cm³/mol. The molecule has 0 aliphatic heterocycles. The Morgan fingerprint density at radius 1 is 1.05 bits per heavy atom. The minimum atomic E-state index is -0.243. The molecule has 0 saturated carbocycles. The number of benzene rings is 1. The largest absolute Gasteiger partial charge is 0.355 e. The molecule has 2 N–H and O–H groups in total. The van der Waals surface area contributed by atoms with E-state index in [0.29, 0.717) is 18.8 Å². The van der Waals surface area contributed by atoms with Gasteiger partial charge in [0.25, 0.3) is 5.91 Å². The molecule has 2 aromatic rings. The molecule has 0 bridgehead atoms. The molecule has 1 heterocycles. The zero-order valence-corrected chi connectivity index (χ0v) is 12.7. The average Bonchev–Trinajstić information content (AvgIpc) is 2.99. The molecule has 22 heavy (non-hydrogen) atoms. The number of nitrogens with zero attached hydrogens (tertiary/aromatic N) is 1. The summed E-state index contributed by atoms with van der Waals surface area (Å²) in [6.07, 6.45) is 2.73. The van der Waals surface area contributed by atoms with E-state index >= 15 is 0 Å². The van der Waals surface area contributed by atoms with Crippen LogP contribution in [-0.4, -0.2) is 29.5 Å². The molecule has 5 nitrogen and oxygen atoms in total. The minimum Gasteiger partial charge on any atom is -0.355 e. The van der Waals surface area contributed by atoms with Gasteiger partial charge in [-0.15, -0.1) is 0 Å². The van der Waals surface area contributed by atoms with Gasteiger partial charge in [-0.3, -0.25) is 9.59 Å². The van der Waals surface area contributed by atoms with E-state index in [1.807, 2.05) is 54.1 Å². The molecule has 0 unspecified atom stereocenters. The van der Waals surface area contributed by atoms with Crippen LogP contribution in [0.25, 0.3) is 0 Å². The van der Waals surface area contributed by atoms with Crippen LogP contribution in [0.3, 0.4) is 0 Å². The van der Waals surface area contributed by atoms with Crippen molar-refractivity contribution in [3.8, 4) is 0 Å². The Hall–Kier alpha value is -2.56. The first-order valence-corrected chi connectivity index (χ1v) is 7.44. The number of hydrogen-bond donors (Lipinski definition) is 2. The third-order valence-electron chi connectivity index (χ3n) is 3.24. The van der Waals surface area contributed by atoms with E-state index in [1.165, 1.54) is 0 Å². The molecule has 0 radical (unpaired) electrons. The van der Waals surface area contributed by atoms with E-state index in [0.717, 1.165) is 12.0 Å². The van der Waals surface area contributed by atoms with Crippen molar-refractivity contribution in [1.82, 2.24) is 15.2 Å².